The molecule has 0 saturated carbocycles. The van der Waals surface area contributed by atoms with Gasteiger partial charge < -0.3 is 23.8 Å². The third-order valence-electron chi connectivity index (χ3n) is 7.29. The van der Waals surface area contributed by atoms with Crippen molar-refractivity contribution in [1.29, 1.82) is 0 Å². The number of benzene rings is 1. The van der Waals surface area contributed by atoms with Crippen LogP contribution in [-0.2, 0) is 13.6 Å². The molecule has 1 aliphatic rings. The predicted molar refractivity (Wildman–Crippen MR) is 138 cm³/mol. The number of aliphatic hydroxyl groups is 2. The highest BCUT2D eigenvalue weighted by Gasteiger charge is 2.50. The van der Waals surface area contributed by atoms with Crippen LogP contribution in [0.15, 0.2) is 35.2 Å². The average Bonchev–Trinajstić information content (AvgIpc) is 2.65. The summed E-state index contributed by atoms with van der Waals surface area (Å²) in [5.74, 6) is 0. The molecule has 5 nitrogen and oxygen atoms in total. The smallest absolute Gasteiger partial charge is 0.192 e. The Labute approximate surface area is 201 Å². The largest absolute Gasteiger partial charge is 0.414 e. The van der Waals surface area contributed by atoms with Gasteiger partial charge in [0.05, 0.1) is 6.61 Å². The molecule has 5 atom stereocenters. The minimum Gasteiger partial charge on any atom is -0.414 e. The maximum absolute atomic E-state index is 11.3. The standard InChI is InChI=1S/C24H44O5SSi2/c1-23(2,3)31(7,8)27-16-18-19(25)21(29-32(9,10)24(4,5)6)20(26)22(28-18)30-17-14-12-11-13-15-17/h11-15,18-22,25-26H,16H2,1-10H3/t18-,19-,20-,21+,22+/m1/s1. The number of aliphatic hydroxyl groups excluding tert-OH is 2. The van der Waals surface area contributed by atoms with E-state index in [1.165, 1.54) is 11.8 Å². The third kappa shape index (κ3) is 6.69. The molecule has 0 unspecified atom stereocenters. The van der Waals surface area contributed by atoms with Crippen LogP contribution in [0.5, 0.6) is 0 Å². The molecule has 0 bridgehead atoms. The van der Waals surface area contributed by atoms with Crippen molar-refractivity contribution in [1.82, 2.24) is 0 Å². The molecule has 32 heavy (non-hydrogen) atoms. The Morgan fingerprint density at radius 1 is 0.875 bits per heavy atom. The predicted octanol–water partition coefficient (Wildman–Crippen LogP) is 5.64. The van der Waals surface area contributed by atoms with Gasteiger partial charge in [-0.15, -0.1) is 0 Å². The minimum atomic E-state index is -2.23. The fourth-order valence-electron chi connectivity index (χ4n) is 2.93. The average molecular weight is 501 g/mol. The quantitative estimate of drug-likeness (QED) is 0.472. The summed E-state index contributed by atoms with van der Waals surface area (Å²) in [5.41, 5.74) is -0.552. The highest BCUT2D eigenvalue weighted by Crippen LogP contribution is 2.42. The summed E-state index contributed by atoms with van der Waals surface area (Å²) in [5, 5.41) is 22.5. The van der Waals surface area contributed by atoms with Gasteiger partial charge in [-0.2, -0.15) is 0 Å². The summed E-state index contributed by atoms with van der Waals surface area (Å²) < 4.78 is 19.2. The highest BCUT2D eigenvalue weighted by molar-refractivity contribution is 7.99. The van der Waals surface area contributed by atoms with Crippen LogP contribution >= 0.6 is 11.8 Å². The Balaban J connectivity index is 2.28. The zero-order chi connectivity index (χ0) is 24.5. The minimum absolute atomic E-state index is 0.0417. The molecule has 1 fully saturated rings. The molecule has 2 rings (SSSR count). The number of hydrogen-bond donors (Lipinski definition) is 2. The molecule has 0 spiro atoms. The van der Waals surface area contributed by atoms with Gasteiger partial charge >= 0.3 is 0 Å². The zero-order valence-electron chi connectivity index (χ0n) is 21.5. The lowest BCUT2D eigenvalue weighted by Crippen LogP contribution is -2.62. The Kier molecular flexibility index (Phi) is 8.94. The number of hydrogen-bond acceptors (Lipinski definition) is 6. The van der Waals surface area contributed by atoms with Crippen LogP contribution < -0.4 is 0 Å². The molecule has 1 aliphatic heterocycles. The van der Waals surface area contributed by atoms with Crippen molar-refractivity contribution in [3.05, 3.63) is 30.3 Å². The second-order valence-electron chi connectivity index (χ2n) is 11.9. The van der Waals surface area contributed by atoms with E-state index in [9.17, 15) is 10.2 Å². The summed E-state index contributed by atoms with van der Waals surface area (Å²) in [6.07, 6.45) is -3.20. The van der Waals surface area contributed by atoms with Gasteiger partial charge in [-0.05, 0) is 48.4 Å². The van der Waals surface area contributed by atoms with Crippen molar-refractivity contribution in [2.75, 3.05) is 6.61 Å². The fraction of sp³-hybridized carbons (Fsp3) is 0.750. The topological polar surface area (TPSA) is 68.2 Å². The summed E-state index contributed by atoms with van der Waals surface area (Å²) in [4.78, 5) is 1.00. The molecule has 1 saturated heterocycles. The Morgan fingerprint density at radius 2 is 1.41 bits per heavy atom. The van der Waals surface area contributed by atoms with Crippen LogP contribution in [0.3, 0.4) is 0 Å². The maximum atomic E-state index is 11.3. The summed E-state index contributed by atoms with van der Waals surface area (Å²) >= 11 is 1.46. The van der Waals surface area contributed by atoms with Gasteiger partial charge in [-0.1, -0.05) is 71.5 Å². The van der Waals surface area contributed by atoms with Crippen molar-refractivity contribution in [2.45, 2.75) is 113 Å². The summed E-state index contributed by atoms with van der Waals surface area (Å²) in [7, 11) is -4.26. The summed E-state index contributed by atoms with van der Waals surface area (Å²) in [6, 6.07) is 9.89. The van der Waals surface area contributed by atoms with Crippen LogP contribution in [0, 0.1) is 0 Å². The van der Waals surface area contributed by atoms with Crippen LogP contribution in [-0.4, -0.2) is 63.3 Å². The molecule has 2 N–H and O–H groups in total. The molecular formula is C24H44O5SSi2. The molecular weight excluding hydrogens is 456 g/mol. The van der Waals surface area contributed by atoms with E-state index >= 15 is 0 Å². The number of rotatable bonds is 7. The van der Waals surface area contributed by atoms with Gasteiger partial charge in [-0.3, -0.25) is 0 Å². The molecule has 8 heteroatoms. The van der Waals surface area contributed by atoms with Crippen molar-refractivity contribution in [2.24, 2.45) is 0 Å². The fourth-order valence-corrected chi connectivity index (χ4v) is 6.34. The van der Waals surface area contributed by atoms with E-state index in [1.54, 1.807) is 0 Å². The Hall–Kier alpha value is -0.196. The van der Waals surface area contributed by atoms with Crippen LogP contribution in [0.1, 0.15) is 41.5 Å². The van der Waals surface area contributed by atoms with Crippen molar-refractivity contribution in [3.63, 3.8) is 0 Å². The SMILES string of the molecule is CC(C)(C)[Si](C)(C)OC[C@H]1O[C@@H](Sc2ccccc2)[C@H](O)[C@@H](O[Si](C)(C)C(C)(C)C)[C@@H]1O. The van der Waals surface area contributed by atoms with Crippen LogP contribution in [0.4, 0.5) is 0 Å². The number of ether oxygens (including phenoxy) is 1. The van der Waals surface area contributed by atoms with Crippen LogP contribution in [0.2, 0.25) is 36.3 Å². The second kappa shape index (κ2) is 10.2. The van der Waals surface area contributed by atoms with E-state index in [0.717, 1.165) is 4.90 Å². The summed E-state index contributed by atoms with van der Waals surface area (Å²) in [6.45, 7) is 22.0. The lowest BCUT2D eigenvalue weighted by atomic mass is 10.0. The monoisotopic (exact) mass is 500 g/mol. The van der Waals surface area contributed by atoms with E-state index in [-0.39, 0.29) is 16.7 Å². The van der Waals surface area contributed by atoms with E-state index in [0.29, 0.717) is 0 Å². The number of thioether (sulfide) groups is 1. The van der Waals surface area contributed by atoms with E-state index in [4.69, 9.17) is 13.6 Å². The first-order chi connectivity index (χ1) is 14.5. The van der Waals surface area contributed by atoms with Gasteiger partial charge in [0.15, 0.2) is 16.6 Å². The van der Waals surface area contributed by atoms with E-state index in [2.05, 4.69) is 67.7 Å². The van der Waals surface area contributed by atoms with Crippen LogP contribution in [0.25, 0.3) is 0 Å². The Morgan fingerprint density at radius 3 is 1.91 bits per heavy atom. The van der Waals surface area contributed by atoms with Crippen molar-refractivity contribution in [3.8, 4) is 0 Å². The van der Waals surface area contributed by atoms with E-state index < -0.39 is 46.5 Å². The van der Waals surface area contributed by atoms with Gasteiger partial charge in [0, 0.05) is 4.90 Å². The van der Waals surface area contributed by atoms with E-state index in [1.807, 2.05) is 30.3 Å². The van der Waals surface area contributed by atoms with Crippen molar-refractivity contribution < 1.29 is 23.8 Å². The van der Waals surface area contributed by atoms with Gasteiger partial charge in [0.2, 0.25) is 0 Å². The highest BCUT2D eigenvalue weighted by atomic mass is 32.2. The molecule has 0 radical (unpaired) electrons. The lowest BCUT2D eigenvalue weighted by Gasteiger charge is -2.48. The second-order valence-corrected chi connectivity index (χ2v) is 22.6. The zero-order valence-corrected chi connectivity index (χ0v) is 24.3. The van der Waals surface area contributed by atoms with Gasteiger partial charge in [0.1, 0.15) is 29.9 Å². The molecule has 184 valence electrons. The molecule has 1 aromatic rings. The molecule has 1 aromatic carbocycles. The first kappa shape index (κ1) is 28.0. The Bertz CT molecular complexity index is 730. The van der Waals surface area contributed by atoms with Gasteiger partial charge in [0.25, 0.3) is 0 Å². The molecule has 0 amide bonds. The first-order valence-corrected chi connectivity index (χ1v) is 18.2. The molecule has 0 aliphatic carbocycles. The molecule has 0 aromatic heterocycles. The normalized spacial score (nSPS) is 28.1. The van der Waals surface area contributed by atoms with Crippen molar-refractivity contribution >= 4 is 28.4 Å². The first-order valence-electron chi connectivity index (χ1n) is 11.5. The maximum Gasteiger partial charge on any atom is 0.192 e. The third-order valence-corrected chi connectivity index (χ3v) is 17.4. The molecule has 1 heterocycles. The lowest BCUT2D eigenvalue weighted by molar-refractivity contribution is -0.200. The van der Waals surface area contributed by atoms with Gasteiger partial charge in [-0.25, -0.2) is 0 Å².